The second-order valence-electron chi connectivity index (χ2n) is 4.08. The highest BCUT2D eigenvalue weighted by Crippen LogP contribution is 2.15. The number of carbonyl (C=O) groups is 1. The number of aromatic nitrogens is 3. The van der Waals surface area contributed by atoms with E-state index in [1.54, 1.807) is 12.1 Å². The summed E-state index contributed by atoms with van der Waals surface area (Å²) in [6.07, 6.45) is 0.842. The SMILES string of the molecule is CC[C@H](C)NC(=O)c1cc(Cl)cc2nc(N)nn12. The van der Waals surface area contributed by atoms with Crippen LogP contribution in [-0.4, -0.2) is 26.5 Å². The number of carbonyl (C=O) groups excluding carboxylic acids is 1. The molecule has 0 aliphatic heterocycles. The molecule has 0 fully saturated rings. The Morgan fingerprint density at radius 1 is 1.61 bits per heavy atom. The van der Waals surface area contributed by atoms with Crippen LogP contribution in [0.25, 0.3) is 5.65 Å². The molecule has 2 rings (SSSR count). The molecule has 3 N–H and O–H groups in total. The summed E-state index contributed by atoms with van der Waals surface area (Å²) in [6.45, 7) is 3.92. The van der Waals surface area contributed by atoms with Crippen LogP contribution in [0.15, 0.2) is 12.1 Å². The maximum Gasteiger partial charge on any atom is 0.270 e. The molecule has 1 amide bonds. The molecular weight excluding hydrogens is 254 g/mol. The van der Waals surface area contributed by atoms with E-state index in [-0.39, 0.29) is 17.9 Å². The predicted molar refractivity (Wildman–Crippen MR) is 69.6 cm³/mol. The molecule has 7 heteroatoms. The van der Waals surface area contributed by atoms with Crippen molar-refractivity contribution in [3.05, 3.63) is 22.8 Å². The summed E-state index contributed by atoms with van der Waals surface area (Å²) in [4.78, 5) is 16.1. The van der Waals surface area contributed by atoms with E-state index in [4.69, 9.17) is 17.3 Å². The van der Waals surface area contributed by atoms with Crippen molar-refractivity contribution in [1.82, 2.24) is 19.9 Å². The third kappa shape index (κ3) is 2.38. The van der Waals surface area contributed by atoms with Crippen molar-refractivity contribution >= 4 is 29.1 Å². The zero-order chi connectivity index (χ0) is 13.3. The van der Waals surface area contributed by atoms with E-state index < -0.39 is 0 Å². The molecule has 0 aliphatic rings. The Bertz CT molecular complexity index is 594. The van der Waals surface area contributed by atoms with Gasteiger partial charge in [-0.15, -0.1) is 5.10 Å². The van der Waals surface area contributed by atoms with Gasteiger partial charge in [-0.2, -0.15) is 4.98 Å². The van der Waals surface area contributed by atoms with Gasteiger partial charge in [-0.25, -0.2) is 4.52 Å². The highest BCUT2D eigenvalue weighted by atomic mass is 35.5. The summed E-state index contributed by atoms with van der Waals surface area (Å²) in [5.74, 6) is -0.142. The Kier molecular flexibility index (Phi) is 3.38. The van der Waals surface area contributed by atoms with Crippen LogP contribution in [0.1, 0.15) is 30.8 Å². The number of anilines is 1. The number of nitrogen functional groups attached to an aromatic ring is 1. The summed E-state index contributed by atoms with van der Waals surface area (Å²) >= 11 is 5.95. The van der Waals surface area contributed by atoms with Gasteiger partial charge in [0.2, 0.25) is 5.95 Å². The van der Waals surface area contributed by atoms with Crippen LogP contribution < -0.4 is 11.1 Å². The van der Waals surface area contributed by atoms with Gasteiger partial charge in [-0.3, -0.25) is 4.79 Å². The van der Waals surface area contributed by atoms with Gasteiger partial charge < -0.3 is 11.1 Å². The van der Waals surface area contributed by atoms with Gasteiger partial charge in [0.1, 0.15) is 5.69 Å². The van der Waals surface area contributed by atoms with Crippen LogP contribution in [0.2, 0.25) is 5.02 Å². The molecule has 96 valence electrons. The lowest BCUT2D eigenvalue weighted by atomic mass is 10.2. The molecule has 0 spiro atoms. The number of hydrogen-bond acceptors (Lipinski definition) is 4. The van der Waals surface area contributed by atoms with Crippen LogP contribution in [0.3, 0.4) is 0 Å². The summed E-state index contributed by atoms with van der Waals surface area (Å²) in [6, 6.07) is 3.22. The molecule has 0 unspecified atom stereocenters. The predicted octanol–water partition coefficient (Wildman–Crippen LogP) is 1.49. The van der Waals surface area contributed by atoms with Crippen molar-refractivity contribution in [3.8, 4) is 0 Å². The van der Waals surface area contributed by atoms with Crippen LogP contribution in [-0.2, 0) is 0 Å². The number of halogens is 1. The molecule has 0 saturated carbocycles. The van der Waals surface area contributed by atoms with Crippen molar-refractivity contribution in [3.63, 3.8) is 0 Å². The Morgan fingerprint density at radius 3 is 3.00 bits per heavy atom. The highest BCUT2D eigenvalue weighted by molar-refractivity contribution is 6.31. The number of pyridine rings is 1. The molecule has 2 aromatic rings. The van der Waals surface area contributed by atoms with E-state index >= 15 is 0 Å². The molecule has 0 radical (unpaired) electrons. The first-order valence-electron chi connectivity index (χ1n) is 5.64. The maximum atomic E-state index is 12.1. The average molecular weight is 268 g/mol. The van der Waals surface area contributed by atoms with E-state index in [1.165, 1.54) is 4.52 Å². The minimum Gasteiger partial charge on any atom is -0.366 e. The molecule has 2 aromatic heterocycles. The zero-order valence-electron chi connectivity index (χ0n) is 10.1. The largest absolute Gasteiger partial charge is 0.366 e. The quantitative estimate of drug-likeness (QED) is 0.882. The smallest absolute Gasteiger partial charge is 0.270 e. The molecule has 0 aromatic carbocycles. The van der Waals surface area contributed by atoms with Gasteiger partial charge in [0, 0.05) is 17.1 Å². The molecule has 18 heavy (non-hydrogen) atoms. The minimum absolute atomic E-state index is 0.0763. The highest BCUT2D eigenvalue weighted by Gasteiger charge is 2.15. The molecule has 2 heterocycles. The first-order chi connectivity index (χ1) is 8.51. The molecule has 0 saturated heterocycles. The fourth-order valence-corrected chi connectivity index (χ4v) is 1.73. The lowest BCUT2D eigenvalue weighted by molar-refractivity contribution is 0.0932. The number of rotatable bonds is 3. The fourth-order valence-electron chi connectivity index (χ4n) is 1.53. The maximum absolute atomic E-state index is 12.1. The first-order valence-corrected chi connectivity index (χ1v) is 6.01. The van der Waals surface area contributed by atoms with Crippen LogP contribution in [0, 0.1) is 0 Å². The Balaban J connectivity index is 2.45. The normalized spacial score (nSPS) is 12.6. The van der Waals surface area contributed by atoms with Crippen molar-refractivity contribution in [2.75, 3.05) is 5.73 Å². The molecule has 0 aliphatic carbocycles. The fraction of sp³-hybridized carbons (Fsp3) is 0.364. The lowest BCUT2D eigenvalue weighted by Gasteiger charge is -2.11. The van der Waals surface area contributed by atoms with Gasteiger partial charge in [0.25, 0.3) is 5.91 Å². The third-order valence-electron chi connectivity index (χ3n) is 2.64. The number of amides is 1. The van der Waals surface area contributed by atoms with Gasteiger partial charge >= 0.3 is 0 Å². The number of nitrogens with one attached hydrogen (secondary N) is 1. The van der Waals surface area contributed by atoms with Crippen molar-refractivity contribution in [1.29, 1.82) is 0 Å². The van der Waals surface area contributed by atoms with E-state index in [0.29, 0.717) is 16.4 Å². The number of fused-ring (bicyclic) bond motifs is 1. The summed E-state index contributed by atoms with van der Waals surface area (Å²) < 4.78 is 1.39. The number of nitrogens with zero attached hydrogens (tertiary/aromatic N) is 3. The standard InChI is InChI=1S/C11H14ClN5O/c1-3-6(2)14-10(18)8-4-7(12)5-9-15-11(13)16-17(8)9/h4-6H,3H2,1-2H3,(H2,13,16)(H,14,18)/t6-/m0/s1. The van der Waals surface area contributed by atoms with Crippen molar-refractivity contribution in [2.45, 2.75) is 26.3 Å². The Morgan fingerprint density at radius 2 is 2.33 bits per heavy atom. The average Bonchev–Trinajstić information content (AvgIpc) is 2.67. The van der Waals surface area contributed by atoms with Crippen molar-refractivity contribution < 1.29 is 4.79 Å². The molecule has 6 nitrogen and oxygen atoms in total. The second kappa shape index (κ2) is 4.81. The van der Waals surface area contributed by atoms with Gasteiger partial charge in [-0.1, -0.05) is 18.5 Å². The van der Waals surface area contributed by atoms with E-state index in [1.807, 2.05) is 13.8 Å². The lowest BCUT2D eigenvalue weighted by Crippen LogP contribution is -2.33. The Labute approximate surface area is 109 Å². The van der Waals surface area contributed by atoms with Gasteiger partial charge in [0.15, 0.2) is 5.65 Å². The monoisotopic (exact) mass is 267 g/mol. The molecular formula is C11H14ClN5O. The number of hydrogen-bond donors (Lipinski definition) is 2. The summed E-state index contributed by atoms with van der Waals surface area (Å²) in [5.41, 5.74) is 6.29. The van der Waals surface area contributed by atoms with Gasteiger partial charge in [-0.05, 0) is 19.4 Å². The first kappa shape index (κ1) is 12.6. The third-order valence-corrected chi connectivity index (χ3v) is 2.86. The van der Waals surface area contributed by atoms with Crippen LogP contribution in [0.4, 0.5) is 5.95 Å². The zero-order valence-corrected chi connectivity index (χ0v) is 10.9. The molecule has 0 bridgehead atoms. The van der Waals surface area contributed by atoms with Crippen LogP contribution >= 0.6 is 11.6 Å². The van der Waals surface area contributed by atoms with Gasteiger partial charge in [0.05, 0.1) is 0 Å². The topological polar surface area (TPSA) is 85.3 Å². The van der Waals surface area contributed by atoms with Crippen molar-refractivity contribution in [2.24, 2.45) is 0 Å². The number of nitrogens with two attached hydrogens (primary N) is 1. The summed E-state index contributed by atoms with van der Waals surface area (Å²) in [5, 5.41) is 7.24. The Hall–Kier alpha value is -1.82. The van der Waals surface area contributed by atoms with E-state index in [9.17, 15) is 4.79 Å². The minimum atomic E-state index is -0.248. The second-order valence-corrected chi connectivity index (χ2v) is 4.52. The van der Waals surface area contributed by atoms with E-state index in [0.717, 1.165) is 6.42 Å². The van der Waals surface area contributed by atoms with E-state index in [2.05, 4.69) is 15.4 Å². The molecule has 1 atom stereocenters. The van der Waals surface area contributed by atoms with Crippen LogP contribution in [0.5, 0.6) is 0 Å². The summed E-state index contributed by atoms with van der Waals surface area (Å²) in [7, 11) is 0.